The van der Waals surface area contributed by atoms with Gasteiger partial charge in [0.25, 0.3) is 0 Å². The van der Waals surface area contributed by atoms with Gasteiger partial charge in [-0.3, -0.25) is 4.79 Å². The second-order valence-corrected chi connectivity index (χ2v) is 16.3. The van der Waals surface area contributed by atoms with Gasteiger partial charge in [-0.05, 0) is 48.7 Å². The fourth-order valence-corrected chi connectivity index (χ4v) is 8.61. The van der Waals surface area contributed by atoms with Crippen molar-refractivity contribution in [2.24, 2.45) is 0 Å². The van der Waals surface area contributed by atoms with Crippen molar-refractivity contribution < 1.29 is 45.2 Å². The largest absolute Gasteiger partial charge is 0.500 e. The van der Waals surface area contributed by atoms with Crippen LogP contribution in [-0.4, -0.2) is 79.5 Å². The van der Waals surface area contributed by atoms with Crippen molar-refractivity contribution in [3.8, 4) is 28.2 Å². The quantitative estimate of drug-likeness (QED) is 0.0608. The Morgan fingerprint density at radius 2 is 1.33 bits per heavy atom. The summed E-state index contributed by atoms with van der Waals surface area (Å²) >= 11 is 0. The first kappa shape index (κ1) is 34.5. The van der Waals surface area contributed by atoms with Gasteiger partial charge in [0.05, 0.1) is 18.8 Å². The summed E-state index contributed by atoms with van der Waals surface area (Å²) in [4.78, 5) is 25.7. The highest BCUT2D eigenvalue weighted by Gasteiger charge is 2.38. The minimum Gasteiger partial charge on any atom is -0.493 e. The van der Waals surface area contributed by atoms with Crippen molar-refractivity contribution in [1.29, 1.82) is 0 Å². The highest BCUT2D eigenvalue weighted by Crippen LogP contribution is 2.42. The number of esters is 1. The van der Waals surface area contributed by atoms with Crippen LogP contribution in [0.5, 0.6) is 5.75 Å². The third kappa shape index (κ3) is 7.88. The van der Waals surface area contributed by atoms with E-state index in [9.17, 15) is 9.59 Å². The number of ether oxygens (including phenoxy) is 2. The molecule has 0 radical (unpaired) electrons. The molecule has 45 heavy (non-hydrogen) atoms. The zero-order chi connectivity index (χ0) is 32.5. The van der Waals surface area contributed by atoms with Gasteiger partial charge in [-0.1, -0.05) is 18.2 Å². The minimum atomic E-state index is -2.78. The van der Waals surface area contributed by atoms with E-state index in [-0.39, 0.29) is 12.0 Å². The van der Waals surface area contributed by atoms with Gasteiger partial charge >= 0.3 is 23.6 Å². The lowest BCUT2D eigenvalue weighted by Gasteiger charge is -2.24. The molecule has 0 saturated heterocycles. The monoisotopic (exact) mass is 656 g/mol. The molecule has 1 aliphatic heterocycles. The normalized spacial score (nSPS) is 12.1. The first-order valence-corrected chi connectivity index (χ1v) is 18.4. The third-order valence-electron chi connectivity index (χ3n) is 7.70. The van der Waals surface area contributed by atoms with E-state index >= 15 is 0 Å². The zero-order valence-electron chi connectivity index (χ0n) is 26.5. The number of hydrogen-bond donors (Lipinski definition) is 0. The minimum absolute atomic E-state index is 0.159. The molecule has 11 nitrogen and oxygen atoms in total. The first-order valence-electron chi connectivity index (χ1n) is 14.5. The van der Waals surface area contributed by atoms with Crippen LogP contribution in [0, 0.1) is 0 Å². The maximum Gasteiger partial charge on any atom is 0.500 e. The number of rotatable bonds is 17. The number of fused-ring (bicyclic) bond motifs is 2. The first-order chi connectivity index (χ1) is 21.8. The molecule has 2 aromatic carbocycles. The summed E-state index contributed by atoms with van der Waals surface area (Å²) < 4.78 is 50.7. The van der Waals surface area contributed by atoms with Crippen LogP contribution in [0.15, 0.2) is 69.9 Å². The Kier molecular flexibility index (Phi) is 12.1. The molecule has 0 fully saturated rings. The fraction of sp³-hybridized carbons (Fsp3) is 0.375. The molecule has 2 aromatic rings. The standard InChI is InChI=1S/C32H40O11Si2/c1-35-44(36-2,37-3)19-9-17-41-24-14-16-28-30(22-24)43-29-21-23(33)13-15-27(29)31(28)25-11-7-8-12-26(25)32(34)42-18-10-20-45(38-4,39-5)40-6/h7-8,11-16,21-22H,9-10,17-20H2,1-6H3. The topological polar surface area (TPSA) is 121 Å². The van der Waals surface area contributed by atoms with Crippen molar-refractivity contribution in [2.75, 3.05) is 55.9 Å². The Morgan fingerprint density at radius 3 is 1.98 bits per heavy atom. The predicted octanol–water partition coefficient (Wildman–Crippen LogP) is 5.64. The van der Waals surface area contributed by atoms with Crippen molar-refractivity contribution in [2.45, 2.75) is 24.9 Å². The van der Waals surface area contributed by atoms with Crippen LogP contribution in [-0.2, 0) is 31.3 Å². The van der Waals surface area contributed by atoms with E-state index in [1.165, 1.54) is 12.1 Å². The molecule has 242 valence electrons. The van der Waals surface area contributed by atoms with Gasteiger partial charge in [0.15, 0.2) is 5.43 Å². The number of benzene rings is 3. The van der Waals surface area contributed by atoms with Gasteiger partial charge < -0.3 is 40.4 Å². The lowest BCUT2D eigenvalue weighted by Crippen LogP contribution is -2.42. The summed E-state index contributed by atoms with van der Waals surface area (Å²) in [6.07, 6.45) is 1.16. The molecule has 13 heteroatoms. The second kappa shape index (κ2) is 15.7. The summed E-state index contributed by atoms with van der Waals surface area (Å²) in [5, 5.41) is 0.745. The average Bonchev–Trinajstić information content (AvgIpc) is 3.08. The van der Waals surface area contributed by atoms with Crippen LogP contribution >= 0.6 is 0 Å². The van der Waals surface area contributed by atoms with Crippen LogP contribution in [0.2, 0.25) is 12.1 Å². The smallest absolute Gasteiger partial charge is 0.493 e. The van der Waals surface area contributed by atoms with E-state index in [2.05, 4.69) is 0 Å². The van der Waals surface area contributed by atoms with Gasteiger partial charge in [0, 0.05) is 83.4 Å². The summed E-state index contributed by atoms with van der Waals surface area (Å²) in [7, 11) is 3.90. The van der Waals surface area contributed by atoms with Crippen LogP contribution in [0.1, 0.15) is 23.2 Å². The van der Waals surface area contributed by atoms with Crippen LogP contribution in [0.3, 0.4) is 0 Å². The summed E-state index contributed by atoms with van der Waals surface area (Å²) in [6.45, 7) is 0.561. The van der Waals surface area contributed by atoms with Crippen molar-refractivity contribution in [3.63, 3.8) is 0 Å². The van der Waals surface area contributed by atoms with Crippen molar-refractivity contribution in [1.82, 2.24) is 0 Å². The lowest BCUT2D eigenvalue weighted by atomic mass is 9.91. The third-order valence-corrected chi connectivity index (χ3v) is 13.4. The lowest BCUT2D eigenvalue weighted by molar-refractivity contribution is 0.0494. The average molecular weight is 657 g/mol. The van der Waals surface area contributed by atoms with E-state index < -0.39 is 23.6 Å². The van der Waals surface area contributed by atoms with E-state index in [1.807, 2.05) is 24.3 Å². The Bertz CT molecular complexity index is 1580. The molecular weight excluding hydrogens is 617 g/mol. The van der Waals surface area contributed by atoms with Crippen LogP contribution < -0.4 is 10.2 Å². The Hall–Kier alpha value is -3.41. The maximum absolute atomic E-state index is 13.4. The van der Waals surface area contributed by atoms with E-state index in [0.717, 1.165) is 10.9 Å². The SMILES string of the molecule is CO[Si](CCCOC(=O)c1ccccc1-c1c2ccc(=O)cc-2oc2cc(OCCC[Si](OC)(OC)OC)ccc12)(OC)OC. The van der Waals surface area contributed by atoms with Gasteiger partial charge in [0.2, 0.25) is 0 Å². The van der Waals surface area contributed by atoms with Gasteiger partial charge in [-0.2, -0.15) is 0 Å². The zero-order valence-corrected chi connectivity index (χ0v) is 28.5. The molecule has 2 aliphatic rings. The molecule has 0 atom stereocenters. The van der Waals surface area contributed by atoms with Gasteiger partial charge in [-0.15, -0.1) is 0 Å². The van der Waals surface area contributed by atoms with Crippen LogP contribution in [0.4, 0.5) is 0 Å². The van der Waals surface area contributed by atoms with Crippen molar-refractivity contribution >= 4 is 34.5 Å². The number of hydrogen-bond acceptors (Lipinski definition) is 11. The van der Waals surface area contributed by atoms with Gasteiger partial charge in [0.1, 0.15) is 17.1 Å². The molecule has 1 aliphatic carbocycles. The molecule has 0 aromatic heterocycles. The molecule has 1 heterocycles. The Balaban J connectivity index is 1.63. The molecular formula is C32H40O11Si2. The Morgan fingerprint density at radius 1 is 0.711 bits per heavy atom. The molecule has 0 amide bonds. The molecule has 0 N–H and O–H groups in total. The highest BCUT2D eigenvalue weighted by molar-refractivity contribution is 6.60. The van der Waals surface area contributed by atoms with Crippen molar-refractivity contribution in [3.05, 3.63) is 76.5 Å². The van der Waals surface area contributed by atoms with E-state index in [1.54, 1.807) is 66.9 Å². The van der Waals surface area contributed by atoms with Gasteiger partial charge in [-0.25, -0.2) is 4.79 Å². The molecule has 0 saturated carbocycles. The van der Waals surface area contributed by atoms with Crippen LogP contribution in [0.25, 0.3) is 33.4 Å². The van der Waals surface area contributed by atoms with E-state index in [0.29, 0.717) is 65.3 Å². The summed E-state index contributed by atoms with van der Waals surface area (Å²) in [6, 6.07) is 18.5. The number of carbonyl (C=O) groups excluding carboxylic acids is 1. The molecule has 4 rings (SSSR count). The van der Waals surface area contributed by atoms with E-state index in [4.69, 9.17) is 40.4 Å². The molecule has 0 unspecified atom stereocenters. The second-order valence-electron chi connectivity index (χ2n) is 10.1. The fourth-order valence-electron chi connectivity index (χ4n) is 5.23. The number of carbonyl (C=O) groups is 1. The summed E-state index contributed by atoms with van der Waals surface area (Å²) in [5.74, 6) is 0.502. The highest BCUT2D eigenvalue weighted by atomic mass is 28.4. The Labute approximate surface area is 264 Å². The summed E-state index contributed by atoms with van der Waals surface area (Å²) in [5.41, 5.74) is 2.77. The molecule has 0 spiro atoms. The predicted molar refractivity (Wildman–Crippen MR) is 173 cm³/mol. The maximum atomic E-state index is 13.4. The molecule has 0 bridgehead atoms.